The molecule has 0 aromatic heterocycles. The predicted octanol–water partition coefficient (Wildman–Crippen LogP) is 4.29. The van der Waals surface area contributed by atoms with Crippen molar-refractivity contribution < 1.29 is 0 Å². The third-order valence-electron chi connectivity index (χ3n) is 3.60. The fourth-order valence-corrected chi connectivity index (χ4v) is 2.81. The van der Waals surface area contributed by atoms with Crippen molar-refractivity contribution in [3.05, 3.63) is 35.4 Å². The average Bonchev–Trinajstić information content (AvgIpc) is 2.33. The van der Waals surface area contributed by atoms with Crippen LogP contribution in [-0.2, 0) is 13.0 Å². The minimum Gasteiger partial charge on any atom is -0.308 e. The molecule has 0 unspecified atom stereocenters. The summed E-state index contributed by atoms with van der Waals surface area (Å²) in [6, 6.07) is 9.14. The largest absolute Gasteiger partial charge is 0.308 e. The van der Waals surface area contributed by atoms with Gasteiger partial charge in [0, 0.05) is 26.2 Å². The standard InChI is InChI=1S/C20H36N2/c1-17(2)13-18-9-8-10-19(14-18)15-22(12-11-21(6)7)16-20(3,4)5/h8-10,14,17H,11-13,15-16H2,1-7H3. The van der Waals surface area contributed by atoms with Crippen molar-refractivity contribution in [3.63, 3.8) is 0 Å². The van der Waals surface area contributed by atoms with Gasteiger partial charge in [0.15, 0.2) is 0 Å². The van der Waals surface area contributed by atoms with Crippen molar-refractivity contribution in [1.82, 2.24) is 9.80 Å². The van der Waals surface area contributed by atoms with Crippen molar-refractivity contribution in [2.75, 3.05) is 33.7 Å². The van der Waals surface area contributed by atoms with Crippen LogP contribution in [0.1, 0.15) is 45.7 Å². The van der Waals surface area contributed by atoms with E-state index in [0.717, 1.165) is 32.1 Å². The van der Waals surface area contributed by atoms with Gasteiger partial charge in [-0.15, -0.1) is 0 Å². The minimum atomic E-state index is 0.335. The maximum absolute atomic E-state index is 2.59. The summed E-state index contributed by atoms with van der Waals surface area (Å²) in [6.07, 6.45) is 1.17. The van der Waals surface area contributed by atoms with Crippen LogP contribution in [-0.4, -0.2) is 43.5 Å². The minimum absolute atomic E-state index is 0.335. The molecule has 0 aliphatic rings. The first-order chi connectivity index (χ1) is 10.2. The van der Waals surface area contributed by atoms with Crippen molar-refractivity contribution in [1.29, 1.82) is 0 Å². The molecule has 1 aromatic carbocycles. The molecule has 0 atom stereocenters. The number of hydrogen-bond acceptors (Lipinski definition) is 2. The molecule has 0 aliphatic carbocycles. The smallest absolute Gasteiger partial charge is 0.0234 e. The Hall–Kier alpha value is -0.860. The first-order valence-corrected chi connectivity index (χ1v) is 8.60. The van der Waals surface area contributed by atoms with Crippen LogP contribution >= 0.6 is 0 Å². The molecule has 22 heavy (non-hydrogen) atoms. The molecule has 126 valence electrons. The number of hydrogen-bond donors (Lipinski definition) is 0. The predicted molar refractivity (Wildman–Crippen MR) is 98.3 cm³/mol. The van der Waals surface area contributed by atoms with E-state index in [4.69, 9.17) is 0 Å². The molecule has 0 aliphatic heterocycles. The van der Waals surface area contributed by atoms with Gasteiger partial charge in [0.1, 0.15) is 0 Å². The molecule has 0 saturated carbocycles. The van der Waals surface area contributed by atoms with Crippen LogP contribution in [0.5, 0.6) is 0 Å². The molecule has 1 aromatic rings. The van der Waals surface area contributed by atoms with Crippen LogP contribution in [0.4, 0.5) is 0 Å². The van der Waals surface area contributed by atoms with E-state index >= 15 is 0 Å². The van der Waals surface area contributed by atoms with E-state index in [9.17, 15) is 0 Å². The Kier molecular flexibility index (Phi) is 7.58. The Bertz CT molecular complexity index is 430. The summed E-state index contributed by atoms with van der Waals surface area (Å²) in [5.74, 6) is 0.717. The summed E-state index contributed by atoms with van der Waals surface area (Å²) in [4.78, 5) is 4.86. The Balaban J connectivity index is 2.75. The van der Waals surface area contributed by atoms with E-state index in [0.29, 0.717) is 5.41 Å². The molecule has 0 amide bonds. The Labute approximate surface area is 138 Å². The van der Waals surface area contributed by atoms with Crippen molar-refractivity contribution in [2.45, 2.75) is 47.6 Å². The van der Waals surface area contributed by atoms with Gasteiger partial charge in [-0.3, -0.25) is 4.90 Å². The lowest BCUT2D eigenvalue weighted by atomic mass is 9.95. The maximum Gasteiger partial charge on any atom is 0.0234 e. The van der Waals surface area contributed by atoms with Crippen LogP contribution in [0.25, 0.3) is 0 Å². The highest BCUT2D eigenvalue weighted by molar-refractivity contribution is 5.23. The average molecular weight is 305 g/mol. The first-order valence-electron chi connectivity index (χ1n) is 8.60. The Morgan fingerprint density at radius 3 is 2.18 bits per heavy atom. The SMILES string of the molecule is CC(C)Cc1cccc(CN(CCN(C)C)CC(C)(C)C)c1. The Morgan fingerprint density at radius 2 is 1.64 bits per heavy atom. The number of likely N-dealkylation sites (N-methyl/N-ethyl adjacent to an activating group) is 1. The summed E-state index contributed by atoms with van der Waals surface area (Å²) < 4.78 is 0. The van der Waals surface area contributed by atoms with E-state index in [-0.39, 0.29) is 0 Å². The second kappa shape index (κ2) is 8.69. The van der Waals surface area contributed by atoms with Gasteiger partial charge >= 0.3 is 0 Å². The van der Waals surface area contributed by atoms with Crippen LogP contribution in [0.3, 0.4) is 0 Å². The molecule has 0 bridgehead atoms. The van der Waals surface area contributed by atoms with E-state index in [2.05, 4.69) is 82.8 Å². The van der Waals surface area contributed by atoms with Crippen LogP contribution in [0.15, 0.2) is 24.3 Å². The van der Waals surface area contributed by atoms with E-state index in [1.54, 1.807) is 0 Å². The first kappa shape index (κ1) is 19.2. The number of benzene rings is 1. The normalized spacial score (nSPS) is 12.6. The quantitative estimate of drug-likeness (QED) is 0.707. The van der Waals surface area contributed by atoms with Crippen molar-refractivity contribution >= 4 is 0 Å². The van der Waals surface area contributed by atoms with E-state index in [1.807, 2.05) is 0 Å². The zero-order chi connectivity index (χ0) is 16.8. The molecular weight excluding hydrogens is 268 g/mol. The lowest BCUT2D eigenvalue weighted by Gasteiger charge is -2.31. The topological polar surface area (TPSA) is 6.48 Å². The molecule has 0 spiro atoms. The van der Waals surface area contributed by atoms with Gasteiger partial charge < -0.3 is 4.90 Å². The molecule has 0 heterocycles. The molecule has 0 radical (unpaired) electrons. The van der Waals surface area contributed by atoms with Gasteiger partial charge in [0.2, 0.25) is 0 Å². The van der Waals surface area contributed by atoms with E-state index < -0.39 is 0 Å². The van der Waals surface area contributed by atoms with Gasteiger partial charge in [0.25, 0.3) is 0 Å². The highest BCUT2D eigenvalue weighted by atomic mass is 15.2. The van der Waals surface area contributed by atoms with E-state index in [1.165, 1.54) is 17.5 Å². The summed E-state index contributed by atoms with van der Waals surface area (Å²) in [6.45, 7) is 16.0. The van der Waals surface area contributed by atoms with Crippen molar-refractivity contribution in [2.24, 2.45) is 11.3 Å². The molecule has 2 heteroatoms. The summed E-state index contributed by atoms with van der Waals surface area (Å²) >= 11 is 0. The molecule has 2 nitrogen and oxygen atoms in total. The van der Waals surface area contributed by atoms with Crippen LogP contribution in [0.2, 0.25) is 0 Å². The second-order valence-electron chi connectivity index (χ2n) is 8.49. The van der Waals surface area contributed by atoms with Gasteiger partial charge in [-0.05, 0) is 43.0 Å². The summed E-state index contributed by atoms with van der Waals surface area (Å²) in [5, 5.41) is 0. The molecule has 0 saturated heterocycles. The molecular formula is C20H36N2. The zero-order valence-corrected chi connectivity index (χ0v) is 15.8. The van der Waals surface area contributed by atoms with Gasteiger partial charge in [-0.2, -0.15) is 0 Å². The number of rotatable bonds is 8. The van der Waals surface area contributed by atoms with Crippen LogP contribution in [0, 0.1) is 11.3 Å². The number of nitrogens with zero attached hydrogens (tertiary/aromatic N) is 2. The molecule has 0 N–H and O–H groups in total. The second-order valence-corrected chi connectivity index (χ2v) is 8.49. The molecule has 0 fully saturated rings. The third kappa shape index (κ3) is 8.55. The zero-order valence-electron chi connectivity index (χ0n) is 15.8. The third-order valence-corrected chi connectivity index (χ3v) is 3.60. The fourth-order valence-electron chi connectivity index (χ4n) is 2.81. The maximum atomic E-state index is 2.59. The highest BCUT2D eigenvalue weighted by Crippen LogP contribution is 2.18. The lowest BCUT2D eigenvalue weighted by molar-refractivity contribution is 0.169. The molecule has 1 rings (SSSR count). The van der Waals surface area contributed by atoms with Gasteiger partial charge in [0.05, 0.1) is 0 Å². The van der Waals surface area contributed by atoms with Crippen LogP contribution < -0.4 is 0 Å². The monoisotopic (exact) mass is 304 g/mol. The van der Waals surface area contributed by atoms with Crippen molar-refractivity contribution in [3.8, 4) is 0 Å². The Morgan fingerprint density at radius 1 is 1.00 bits per heavy atom. The van der Waals surface area contributed by atoms with Gasteiger partial charge in [-0.25, -0.2) is 0 Å². The summed E-state index contributed by atoms with van der Waals surface area (Å²) in [7, 11) is 4.30. The summed E-state index contributed by atoms with van der Waals surface area (Å²) in [5.41, 5.74) is 3.25. The lowest BCUT2D eigenvalue weighted by Crippen LogP contribution is -2.37. The fraction of sp³-hybridized carbons (Fsp3) is 0.700. The highest BCUT2D eigenvalue weighted by Gasteiger charge is 2.17. The van der Waals surface area contributed by atoms with Gasteiger partial charge in [-0.1, -0.05) is 58.9 Å².